The molecule has 1 aliphatic carbocycles. The smallest absolute Gasteiger partial charge is 0.262 e. The number of hydrazone groups is 1. The average molecular weight is 486 g/mol. The minimum atomic E-state index is -0.299. The van der Waals surface area contributed by atoms with Crippen molar-refractivity contribution in [2.75, 3.05) is 41.0 Å². The summed E-state index contributed by atoms with van der Waals surface area (Å²) in [5.41, 5.74) is 1.76. The van der Waals surface area contributed by atoms with Crippen LogP contribution in [0.3, 0.4) is 0 Å². The third kappa shape index (κ3) is 5.10. The predicted molar refractivity (Wildman–Crippen MR) is 130 cm³/mol. The van der Waals surface area contributed by atoms with E-state index in [9.17, 15) is 9.59 Å². The lowest BCUT2D eigenvalue weighted by Gasteiger charge is -2.32. The Morgan fingerprint density at radius 1 is 1.15 bits per heavy atom. The summed E-state index contributed by atoms with van der Waals surface area (Å²) >= 11 is 1.59. The Bertz CT molecular complexity index is 1040. The number of ether oxygens (including phenoxy) is 3. The van der Waals surface area contributed by atoms with Crippen LogP contribution in [0.4, 0.5) is 0 Å². The van der Waals surface area contributed by atoms with Gasteiger partial charge in [0, 0.05) is 26.0 Å². The number of rotatable bonds is 10. The second-order valence-electron chi connectivity index (χ2n) is 8.48. The highest BCUT2D eigenvalue weighted by atomic mass is 32.1. The lowest BCUT2D eigenvalue weighted by Crippen LogP contribution is -2.46. The first kappa shape index (κ1) is 24.2. The van der Waals surface area contributed by atoms with Gasteiger partial charge in [-0.05, 0) is 42.0 Å². The predicted octanol–water partition coefficient (Wildman–Crippen LogP) is 3.72. The van der Waals surface area contributed by atoms with Crippen LogP contribution in [0.2, 0.25) is 0 Å². The second kappa shape index (κ2) is 11.0. The molecule has 2 heterocycles. The Morgan fingerprint density at radius 2 is 1.94 bits per heavy atom. The molecule has 0 unspecified atom stereocenters. The second-order valence-corrected chi connectivity index (χ2v) is 9.42. The van der Waals surface area contributed by atoms with E-state index >= 15 is 0 Å². The van der Waals surface area contributed by atoms with Crippen LogP contribution in [-0.4, -0.2) is 68.5 Å². The zero-order valence-electron chi connectivity index (χ0n) is 19.9. The maximum absolute atomic E-state index is 13.6. The summed E-state index contributed by atoms with van der Waals surface area (Å²) in [4.78, 5) is 29.2. The van der Waals surface area contributed by atoms with Crippen LogP contribution in [-0.2, 0) is 14.3 Å². The van der Waals surface area contributed by atoms with Crippen molar-refractivity contribution in [3.63, 3.8) is 0 Å². The molecule has 1 aliphatic heterocycles. The van der Waals surface area contributed by atoms with Crippen molar-refractivity contribution in [1.82, 2.24) is 9.91 Å². The quantitative estimate of drug-likeness (QED) is 0.512. The Balaban J connectivity index is 1.60. The van der Waals surface area contributed by atoms with Gasteiger partial charge in [-0.15, -0.1) is 11.3 Å². The molecule has 2 amide bonds. The summed E-state index contributed by atoms with van der Waals surface area (Å²) in [6.07, 6.45) is 3.41. The van der Waals surface area contributed by atoms with E-state index in [1.165, 1.54) is 5.01 Å². The highest BCUT2D eigenvalue weighted by molar-refractivity contribution is 7.12. The molecule has 1 saturated carbocycles. The van der Waals surface area contributed by atoms with Crippen molar-refractivity contribution < 1.29 is 23.8 Å². The summed E-state index contributed by atoms with van der Waals surface area (Å²) < 4.78 is 16.1. The first-order valence-electron chi connectivity index (χ1n) is 11.5. The first-order valence-corrected chi connectivity index (χ1v) is 12.4. The minimum absolute atomic E-state index is 0.00932. The summed E-state index contributed by atoms with van der Waals surface area (Å²) in [7, 11) is 4.78. The van der Waals surface area contributed by atoms with E-state index in [1.807, 2.05) is 35.7 Å². The fourth-order valence-corrected chi connectivity index (χ4v) is 4.99. The van der Waals surface area contributed by atoms with Crippen molar-refractivity contribution >= 4 is 28.9 Å². The maximum atomic E-state index is 13.6. The molecule has 182 valence electrons. The largest absolute Gasteiger partial charge is 0.493 e. The molecule has 0 spiro atoms. The molecular formula is C25H31N3O5S. The SMILES string of the molecule is COCCN(CC(=O)N1N=C(c2cccs2)C[C@H]1c1ccc(OC)c(OC)c1)C(=O)C1CCC1. The molecule has 9 heteroatoms. The third-order valence-corrected chi connectivity index (χ3v) is 7.34. The number of nitrogens with zero attached hydrogens (tertiary/aromatic N) is 3. The van der Waals surface area contributed by atoms with Gasteiger partial charge in [0.15, 0.2) is 11.5 Å². The standard InChI is InChI=1S/C25H31N3O5S/c1-31-12-11-27(25(30)17-6-4-7-17)16-24(29)28-20(15-19(26-28)23-8-5-13-34-23)18-9-10-21(32-2)22(14-18)33-3/h5,8-10,13-14,17,20H,4,6-7,11-12,15-16H2,1-3H3/t20-/m0/s1. The van der Waals surface area contributed by atoms with Crippen molar-refractivity contribution in [3.8, 4) is 11.5 Å². The van der Waals surface area contributed by atoms with E-state index in [2.05, 4.69) is 0 Å². The molecule has 1 atom stereocenters. The van der Waals surface area contributed by atoms with E-state index in [-0.39, 0.29) is 30.3 Å². The van der Waals surface area contributed by atoms with Gasteiger partial charge in [0.25, 0.3) is 5.91 Å². The zero-order chi connectivity index (χ0) is 24.1. The van der Waals surface area contributed by atoms with Gasteiger partial charge in [-0.2, -0.15) is 5.10 Å². The summed E-state index contributed by atoms with van der Waals surface area (Å²) in [5, 5.41) is 8.26. The van der Waals surface area contributed by atoms with Gasteiger partial charge < -0.3 is 19.1 Å². The number of benzene rings is 1. The van der Waals surface area contributed by atoms with Gasteiger partial charge in [0.2, 0.25) is 5.91 Å². The Hall–Kier alpha value is -2.91. The van der Waals surface area contributed by atoms with Crippen molar-refractivity contribution in [3.05, 3.63) is 46.2 Å². The van der Waals surface area contributed by atoms with Crippen molar-refractivity contribution in [2.45, 2.75) is 31.7 Å². The molecule has 1 aromatic heterocycles. The van der Waals surface area contributed by atoms with Crippen LogP contribution in [0.1, 0.15) is 42.2 Å². The molecule has 0 N–H and O–H groups in total. The number of hydrogen-bond donors (Lipinski definition) is 0. The lowest BCUT2D eigenvalue weighted by atomic mass is 9.84. The number of amides is 2. The first-order chi connectivity index (χ1) is 16.5. The van der Waals surface area contributed by atoms with Crippen LogP contribution in [0.5, 0.6) is 11.5 Å². The highest BCUT2D eigenvalue weighted by Crippen LogP contribution is 2.38. The van der Waals surface area contributed by atoms with Gasteiger partial charge in [0.05, 0.1) is 37.5 Å². The summed E-state index contributed by atoms with van der Waals surface area (Å²) in [5.74, 6) is 1.04. The van der Waals surface area contributed by atoms with Gasteiger partial charge in [-0.3, -0.25) is 9.59 Å². The van der Waals surface area contributed by atoms with Gasteiger partial charge in [-0.25, -0.2) is 5.01 Å². The number of thiophene rings is 1. The van der Waals surface area contributed by atoms with Crippen LogP contribution >= 0.6 is 11.3 Å². The molecule has 8 nitrogen and oxygen atoms in total. The molecule has 1 aromatic carbocycles. The molecule has 0 bridgehead atoms. The number of carbonyl (C=O) groups is 2. The Morgan fingerprint density at radius 3 is 2.56 bits per heavy atom. The lowest BCUT2D eigenvalue weighted by molar-refractivity contribution is -0.146. The van der Waals surface area contributed by atoms with Crippen LogP contribution in [0, 0.1) is 5.92 Å². The number of hydrogen-bond acceptors (Lipinski definition) is 7. The maximum Gasteiger partial charge on any atom is 0.262 e. The molecule has 0 radical (unpaired) electrons. The van der Waals surface area contributed by atoms with Crippen molar-refractivity contribution in [2.24, 2.45) is 11.0 Å². The molecular weight excluding hydrogens is 454 g/mol. The Kier molecular flexibility index (Phi) is 7.84. The average Bonchev–Trinajstić information content (AvgIpc) is 3.50. The third-order valence-electron chi connectivity index (χ3n) is 6.42. The highest BCUT2D eigenvalue weighted by Gasteiger charge is 2.36. The fourth-order valence-electron chi connectivity index (χ4n) is 4.27. The molecule has 0 saturated heterocycles. The number of carbonyl (C=O) groups excluding carboxylic acids is 2. The van der Waals surface area contributed by atoms with Gasteiger partial charge in [0.1, 0.15) is 6.54 Å². The zero-order valence-corrected chi connectivity index (χ0v) is 20.7. The number of methoxy groups -OCH3 is 3. The van der Waals surface area contributed by atoms with Crippen LogP contribution < -0.4 is 9.47 Å². The Labute approximate surface area is 204 Å². The molecule has 4 rings (SSSR count). The van der Waals surface area contributed by atoms with E-state index in [4.69, 9.17) is 19.3 Å². The molecule has 34 heavy (non-hydrogen) atoms. The summed E-state index contributed by atoms with van der Waals surface area (Å²) in [6, 6.07) is 9.34. The monoisotopic (exact) mass is 485 g/mol. The van der Waals surface area contributed by atoms with E-state index in [0.29, 0.717) is 31.1 Å². The van der Waals surface area contributed by atoms with Gasteiger partial charge >= 0.3 is 0 Å². The van der Waals surface area contributed by atoms with Crippen LogP contribution in [0.15, 0.2) is 40.8 Å². The van der Waals surface area contributed by atoms with E-state index in [1.54, 1.807) is 37.6 Å². The molecule has 1 fully saturated rings. The fraction of sp³-hybridized carbons (Fsp3) is 0.480. The minimum Gasteiger partial charge on any atom is -0.493 e. The topological polar surface area (TPSA) is 80.7 Å². The molecule has 2 aliphatic rings. The van der Waals surface area contributed by atoms with E-state index < -0.39 is 0 Å². The summed E-state index contributed by atoms with van der Waals surface area (Å²) in [6.45, 7) is 0.742. The van der Waals surface area contributed by atoms with E-state index in [0.717, 1.165) is 35.4 Å². The van der Waals surface area contributed by atoms with Crippen molar-refractivity contribution in [1.29, 1.82) is 0 Å². The normalized spacial score (nSPS) is 17.8. The van der Waals surface area contributed by atoms with Gasteiger partial charge in [-0.1, -0.05) is 18.6 Å². The molecule has 2 aromatic rings. The van der Waals surface area contributed by atoms with Crippen LogP contribution in [0.25, 0.3) is 0 Å².